The third-order valence-corrected chi connectivity index (χ3v) is 5.53. The summed E-state index contributed by atoms with van der Waals surface area (Å²) >= 11 is 9.43. The van der Waals surface area contributed by atoms with Crippen LogP contribution in [-0.2, 0) is 10.5 Å². The van der Waals surface area contributed by atoms with E-state index in [0.717, 1.165) is 22.1 Å². The summed E-state index contributed by atoms with van der Waals surface area (Å²) in [5.74, 6) is 2.18. The van der Waals surface area contributed by atoms with Crippen LogP contribution < -0.4 is 5.32 Å². The Kier molecular flexibility index (Phi) is 8.68. The second-order valence-electron chi connectivity index (χ2n) is 5.39. The van der Waals surface area contributed by atoms with Crippen molar-refractivity contribution in [2.45, 2.75) is 19.6 Å². The van der Waals surface area contributed by atoms with Crippen molar-refractivity contribution in [2.75, 3.05) is 11.1 Å². The number of aryl methyl sites for hydroxylation is 1. The number of carbonyl (C=O) groups is 1. The van der Waals surface area contributed by atoms with Crippen LogP contribution in [0, 0.1) is 6.92 Å². The molecule has 1 amide bonds. The zero-order valence-corrected chi connectivity index (χ0v) is 17.1. The number of carbonyl (C=O) groups excluding carboxylic acids is 1. The second kappa shape index (κ2) is 11.0. The maximum atomic E-state index is 10.0. The monoisotopic (exact) mass is 404 g/mol. The first-order valence-corrected chi connectivity index (χ1v) is 10.6. The van der Waals surface area contributed by atoms with Crippen LogP contribution in [0.2, 0.25) is 5.02 Å². The van der Waals surface area contributed by atoms with E-state index in [1.54, 1.807) is 23.5 Å². The fraction of sp³-hybridized carbons (Fsp3) is 0.200. The minimum atomic E-state index is 0.567. The number of benzene rings is 2. The van der Waals surface area contributed by atoms with Crippen molar-refractivity contribution < 1.29 is 4.79 Å². The lowest BCUT2D eigenvalue weighted by atomic mass is 10.2. The Morgan fingerprint density at radius 3 is 2.65 bits per heavy atom. The lowest BCUT2D eigenvalue weighted by Crippen LogP contribution is -1.94. The summed E-state index contributed by atoms with van der Waals surface area (Å²) < 4.78 is 0. The van der Waals surface area contributed by atoms with Crippen LogP contribution in [0.3, 0.4) is 0 Å². The number of halogens is 1. The molecule has 26 heavy (non-hydrogen) atoms. The molecule has 0 aliphatic carbocycles. The van der Waals surface area contributed by atoms with Gasteiger partial charge in [0.25, 0.3) is 0 Å². The van der Waals surface area contributed by atoms with Gasteiger partial charge in [0.05, 0.1) is 16.4 Å². The van der Waals surface area contributed by atoms with E-state index in [4.69, 9.17) is 11.6 Å². The van der Waals surface area contributed by atoms with Crippen molar-refractivity contribution in [3.8, 4) is 10.6 Å². The number of thiazole rings is 1. The van der Waals surface area contributed by atoms with Crippen molar-refractivity contribution in [2.24, 2.45) is 0 Å². The molecule has 3 aromatic rings. The molecule has 0 unspecified atom stereocenters. The van der Waals surface area contributed by atoms with Crippen molar-refractivity contribution >= 4 is 46.8 Å². The highest BCUT2D eigenvalue weighted by Crippen LogP contribution is 2.25. The van der Waals surface area contributed by atoms with Crippen LogP contribution in [0.25, 0.3) is 10.6 Å². The Labute approximate surface area is 167 Å². The Bertz CT molecular complexity index is 822. The molecule has 0 aliphatic rings. The summed E-state index contributed by atoms with van der Waals surface area (Å²) in [6.07, 6.45) is 0.608. The maximum Gasteiger partial charge on any atom is 0.211 e. The molecule has 1 heterocycles. The number of nitrogens with zero attached hydrogens (tertiary/aromatic N) is 1. The van der Waals surface area contributed by atoms with Crippen molar-refractivity contribution in [1.82, 2.24) is 4.98 Å². The molecule has 136 valence electrons. The predicted octanol–water partition coefficient (Wildman–Crippen LogP) is 6.28. The van der Waals surface area contributed by atoms with Gasteiger partial charge in [-0.25, -0.2) is 4.98 Å². The van der Waals surface area contributed by atoms with Crippen LogP contribution in [0.4, 0.5) is 5.69 Å². The first kappa shape index (κ1) is 20.5. The zero-order valence-electron chi connectivity index (χ0n) is 14.7. The van der Waals surface area contributed by atoms with Gasteiger partial charge in [-0.3, -0.25) is 4.79 Å². The number of amides is 1. The van der Waals surface area contributed by atoms with E-state index in [0.29, 0.717) is 17.1 Å². The Morgan fingerprint density at radius 2 is 2.00 bits per heavy atom. The fourth-order valence-corrected chi connectivity index (χ4v) is 3.88. The van der Waals surface area contributed by atoms with Gasteiger partial charge in [0.2, 0.25) is 6.41 Å². The Hall–Kier alpha value is -1.82. The molecule has 0 fully saturated rings. The average Bonchev–Trinajstić information content (AvgIpc) is 3.13. The largest absolute Gasteiger partial charge is 0.327 e. The van der Waals surface area contributed by atoms with Crippen LogP contribution >= 0.6 is 34.7 Å². The first-order valence-electron chi connectivity index (χ1n) is 8.18. The van der Waals surface area contributed by atoms with Gasteiger partial charge >= 0.3 is 0 Å². The number of hydrogen-bond acceptors (Lipinski definition) is 4. The molecule has 0 radical (unpaired) electrons. The fourth-order valence-electron chi connectivity index (χ4n) is 2.09. The van der Waals surface area contributed by atoms with E-state index in [2.05, 4.69) is 46.9 Å². The molecule has 2 aromatic carbocycles. The summed E-state index contributed by atoms with van der Waals surface area (Å²) in [7, 11) is 0. The molecule has 0 saturated carbocycles. The quantitative estimate of drug-likeness (QED) is 0.491. The van der Waals surface area contributed by atoms with Crippen molar-refractivity contribution in [3.63, 3.8) is 0 Å². The normalized spacial score (nSPS) is 9.96. The molecule has 0 aliphatic heterocycles. The first-order chi connectivity index (χ1) is 12.6. The van der Waals surface area contributed by atoms with E-state index in [9.17, 15) is 4.79 Å². The minimum Gasteiger partial charge on any atom is -0.327 e. The molecule has 0 atom stereocenters. The Balaban J connectivity index is 0.000000197. The number of hydrogen-bond donors (Lipinski definition) is 1. The number of nitrogens with one attached hydrogen (secondary N) is 1. The molecular formula is C20H21ClN2OS2. The summed E-state index contributed by atoms with van der Waals surface area (Å²) in [5, 5.41) is 6.34. The van der Waals surface area contributed by atoms with Gasteiger partial charge in [-0.15, -0.1) is 11.3 Å². The Morgan fingerprint density at radius 1 is 1.23 bits per heavy atom. The van der Waals surface area contributed by atoms with Crippen LogP contribution in [-0.4, -0.2) is 17.1 Å². The summed E-state index contributed by atoms with van der Waals surface area (Å²) in [6.45, 7) is 4.12. The summed E-state index contributed by atoms with van der Waals surface area (Å²) in [6, 6.07) is 15.8. The van der Waals surface area contributed by atoms with Gasteiger partial charge in [-0.2, -0.15) is 11.8 Å². The highest BCUT2D eigenvalue weighted by Gasteiger charge is 2.03. The van der Waals surface area contributed by atoms with E-state index in [1.807, 2.05) is 30.8 Å². The van der Waals surface area contributed by atoms with Gasteiger partial charge in [0.1, 0.15) is 5.01 Å². The third kappa shape index (κ3) is 6.48. The lowest BCUT2D eigenvalue weighted by molar-refractivity contribution is -0.105. The molecule has 6 heteroatoms. The predicted molar refractivity (Wildman–Crippen MR) is 115 cm³/mol. The lowest BCUT2D eigenvalue weighted by Gasteiger charge is -2.01. The number of thioether (sulfide) groups is 1. The average molecular weight is 405 g/mol. The van der Waals surface area contributed by atoms with Gasteiger partial charge in [0.15, 0.2) is 0 Å². The molecule has 3 rings (SSSR count). The van der Waals surface area contributed by atoms with Crippen LogP contribution in [0.5, 0.6) is 0 Å². The van der Waals surface area contributed by atoms with Crippen LogP contribution in [0.1, 0.15) is 18.2 Å². The third-order valence-electron chi connectivity index (χ3n) is 3.37. The van der Waals surface area contributed by atoms with E-state index < -0.39 is 0 Å². The van der Waals surface area contributed by atoms with Gasteiger partial charge in [0, 0.05) is 16.7 Å². The molecule has 1 aromatic heterocycles. The van der Waals surface area contributed by atoms with E-state index in [1.165, 1.54) is 11.3 Å². The number of aromatic nitrogens is 1. The zero-order chi connectivity index (χ0) is 18.8. The summed E-state index contributed by atoms with van der Waals surface area (Å²) in [4.78, 5) is 14.7. The van der Waals surface area contributed by atoms with E-state index >= 15 is 0 Å². The standard InChI is InChI=1S/C12H13NS2.C8H8ClNO/c1-2-14-8-11-9-15-12(13-11)10-6-4-3-5-7-10;1-6-2-3-8(10-5-11)7(9)4-6/h3-7,9H,2,8H2,1H3;2-5H,1H3,(H,10,11). The van der Waals surface area contributed by atoms with E-state index in [-0.39, 0.29) is 0 Å². The molecule has 0 spiro atoms. The second-order valence-corrected chi connectivity index (χ2v) is 7.93. The summed E-state index contributed by atoms with van der Waals surface area (Å²) in [5.41, 5.74) is 4.14. The number of rotatable bonds is 6. The highest BCUT2D eigenvalue weighted by molar-refractivity contribution is 7.98. The van der Waals surface area contributed by atoms with Crippen LogP contribution in [0.15, 0.2) is 53.9 Å². The van der Waals surface area contributed by atoms with Gasteiger partial charge in [-0.05, 0) is 30.4 Å². The topological polar surface area (TPSA) is 42.0 Å². The molecule has 1 N–H and O–H groups in total. The van der Waals surface area contributed by atoms with Gasteiger partial charge < -0.3 is 5.32 Å². The molecule has 0 bridgehead atoms. The maximum absolute atomic E-state index is 10.0. The van der Waals surface area contributed by atoms with Crippen molar-refractivity contribution in [3.05, 3.63) is 70.2 Å². The van der Waals surface area contributed by atoms with Gasteiger partial charge in [-0.1, -0.05) is 54.9 Å². The number of anilines is 1. The molecule has 0 saturated heterocycles. The minimum absolute atomic E-state index is 0.567. The SMILES string of the molecule is CCSCc1csc(-c2ccccc2)n1.Cc1ccc(NC=O)c(Cl)c1. The van der Waals surface area contributed by atoms with Crippen molar-refractivity contribution in [1.29, 1.82) is 0 Å². The molecular weight excluding hydrogens is 384 g/mol. The highest BCUT2D eigenvalue weighted by atomic mass is 35.5. The molecule has 3 nitrogen and oxygen atoms in total. The smallest absolute Gasteiger partial charge is 0.211 e.